The van der Waals surface area contributed by atoms with Gasteiger partial charge in [0.05, 0.1) is 17.4 Å². The highest BCUT2D eigenvalue weighted by atomic mass is 32.2. The molecule has 7 nitrogen and oxygen atoms in total. The molecule has 1 saturated heterocycles. The zero-order chi connectivity index (χ0) is 15.5. The quantitative estimate of drug-likeness (QED) is 0.751. The van der Waals surface area contributed by atoms with E-state index < -0.39 is 22.0 Å². The maximum absolute atomic E-state index is 12.5. The van der Waals surface area contributed by atoms with E-state index >= 15 is 0 Å². The molecule has 0 saturated carbocycles. The molecular weight excluding hydrogens is 292 g/mol. The van der Waals surface area contributed by atoms with Crippen LogP contribution in [-0.2, 0) is 20.6 Å². The number of rotatable bonds is 4. The van der Waals surface area contributed by atoms with Gasteiger partial charge < -0.3 is 11.1 Å². The number of nitrogens with two attached hydrogens (primary N) is 1. The zero-order valence-electron chi connectivity index (χ0n) is 11.3. The SMILES string of the molecule is N#Cc1cccc(CS(=O)(=O)N2CCNCC2C(N)=O)c1. The van der Waals surface area contributed by atoms with E-state index in [1.54, 1.807) is 18.2 Å². The third kappa shape index (κ3) is 3.58. The number of sulfonamides is 1. The standard InChI is InChI=1S/C13H16N4O3S/c14-7-10-2-1-3-11(6-10)9-21(19,20)17-5-4-16-8-12(17)13(15)18/h1-3,6,12,16H,4-5,8-9H2,(H2,15,18). The summed E-state index contributed by atoms with van der Waals surface area (Å²) in [6.07, 6.45) is 0. The van der Waals surface area contributed by atoms with Crippen LogP contribution in [0, 0.1) is 11.3 Å². The van der Waals surface area contributed by atoms with E-state index in [1.807, 2.05) is 6.07 Å². The van der Waals surface area contributed by atoms with Crippen molar-refractivity contribution < 1.29 is 13.2 Å². The van der Waals surface area contributed by atoms with Gasteiger partial charge in [0, 0.05) is 19.6 Å². The van der Waals surface area contributed by atoms with E-state index in [2.05, 4.69) is 5.32 Å². The van der Waals surface area contributed by atoms with Crippen molar-refractivity contribution in [2.75, 3.05) is 19.6 Å². The van der Waals surface area contributed by atoms with Gasteiger partial charge in [-0.1, -0.05) is 12.1 Å². The highest BCUT2D eigenvalue weighted by Crippen LogP contribution is 2.16. The molecule has 8 heteroatoms. The molecule has 1 heterocycles. The summed E-state index contributed by atoms with van der Waals surface area (Å²) in [5.41, 5.74) is 6.17. The predicted octanol–water partition coefficient (Wildman–Crippen LogP) is -0.853. The van der Waals surface area contributed by atoms with Crippen LogP contribution in [0.25, 0.3) is 0 Å². The summed E-state index contributed by atoms with van der Waals surface area (Å²) in [5.74, 6) is -0.927. The fraction of sp³-hybridized carbons (Fsp3) is 0.385. The molecule has 3 N–H and O–H groups in total. The lowest BCUT2D eigenvalue weighted by Gasteiger charge is -2.33. The van der Waals surface area contributed by atoms with Gasteiger partial charge >= 0.3 is 0 Å². The molecule has 1 amide bonds. The van der Waals surface area contributed by atoms with Crippen molar-refractivity contribution in [3.05, 3.63) is 35.4 Å². The molecule has 0 aliphatic carbocycles. The minimum absolute atomic E-state index is 0.202. The van der Waals surface area contributed by atoms with Crippen molar-refractivity contribution in [3.63, 3.8) is 0 Å². The van der Waals surface area contributed by atoms with Crippen molar-refractivity contribution in [1.82, 2.24) is 9.62 Å². The Labute approximate surface area is 123 Å². The average Bonchev–Trinajstić information content (AvgIpc) is 2.47. The lowest BCUT2D eigenvalue weighted by atomic mass is 10.2. The van der Waals surface area contributed by atoms with Crippen LogP contribution >= 0.6 is 0 Å². The van der Waals surface area contributed by atoms with Crippen molar-refractivity contribution >= 4 is 15.9 Å². The maximum Gasteiger partial charge on any atom is 0.237 e. The second kappa shape index (κ2) is 6.22. The summed E-state index contributed by atoms with van der Waals surface area (Å²) < 4.78 is 26.1. The number of nitrogens with one attached hydrogen (secondary N) is 1. The Balaban J connectivity index is 2.24. The number of nitriles is 1. The van der Waals surface area contributed by atoms with E-state index in [4.69, 9.17) is 11.0 Å². The second-order valence-corrected chi connectivity index (χ2v) is 6.72. The van der Waals surface area contributed by atoms with Crippen LogP contribution in [0.3, 0.4) is 0 Å². The summed E-state index contributed by atoms with van der Waals surface area (Å²) in [6, 6.07) is 7.50. The number of hydrogen-bond acceptors (Lipinski definition) is 5. The summed E-state index contributed by atoms with van der Waals surface area (Å²) in [4.78, 5) is 11.4. The van der Waals surface area contributed by atoms with Crippen LogP contribution in [0.15, 0.2) is 24.3 Å². The van der Waals surface area contributed by atoms with Crippen LogP contribution < -0.4 is 11.1 Å². The summed E-state index contributed by atoms with van der Waals surface area (Å²) >= 11 is 0. The number of carbonyl (C=O) groups is 1. The van der Waals surface area contributed by atoms with Gasteiger partial charge in [0.25, 0.3) is 0 Å². The first-order valence-electron chi connectivity index (χ1n) is 6.42. The highest BCUT2D eigenvalue weighted by Gasteiger charge is 2.35. The molecule has 21 heavy (non-hydrogen) atoms. The van der Waals surface area contributed by atoms with Crippen LogP contribution in [0.5, 0.6) is 0 Å². The molecule has 0 bridgehead atoms. The summed E-state index contributed by atoms with van der Waals surface area (Å²) in [5, 5.41) is 11.8. The van der Waals surface area contributed by atoms with Gasteiger partial charge in [-0.2, -0.15) is 9.57 Å². The van der Waals surface area contributed by atoms with Gasteiger partial charge in [-0.3, -0.25) is 4.79 Å². The molecule has 1 aliphatic heterocycles. The first kappa shape index (κ1) is 15.4. The number of benzene rings is 1. The smallest absolute Gasteiger partial charge is 0.237 e. The highest BCUT2D eigenvalue weighted by molar-refractivity contribution is 7.88. The number of primary amides is 1. The number of piperazine rings is 1. The Hall–Kier alpha value is -1.95. The Morgan fingerprint density at radius 1 is 1.52 bits per heavy atom. The molecule has 1 aliphatic rings. The molecule has 1 fully saturated rings. The van der Waals surface area contributed by atoms with Crippen LogP contribution in [0.2, 0.25) is 0 Å². The van der Waals surface area contributed by atoms with Crippen molar-refractivity contribution in [3.8, 4) is 6.07 Å². The fourth-order valence-electron chi connectivity index (χ4n) is 2.29. The minimum atomic E-state index is -3.67. The Kier molecular flexibility index (Phi) is 4.57. The van der Waals surface area contributed by atoms with Gasteiger partial charge in [0.15, 0.2) is 0 Å². The minimum Gasteiger partial charge on any atom is -0.368 e. The topological polar surface area (TPSA) is 116 Å². The third-order valence-corrected chi connectivity index (χ3v) is 5.13. The first-order chi connectivity index (χ1) is 9.94. The summed E-state index contributed by atoms with van der Waals surface area (Å²) in [6.45, 7) is 0.891. The van der Waals surface area contributed by atoms with E-state index in [-0.39, 0.29) is 18.8 Å². The van der Waals surface area contributed by atoms with Gasteiger partial charge in [0.2, 0.25) is 15.9 Å². The van der Waals surface area contributed by atoms with Gasteiger partial charge in [-0.05, 0) is 17.7 Å². The number of hydrogen-bond donors (Lipinski definition) is 2. The lowest BCUT2D eigenvalue weighted by molar-refractivity contribution is -0.122. The van der Waals surface area contributed by atoms with Gasteiger partial charge in [-0.15, -0.1) is 0 Å². The fourth-order valence-corrected chi connectivity index (χ4v) is 3.99. The molecule has 1 atom stereocenters. The largest absolute Gasteiger partial charge is 0.368 e. The van der Waals surface area contributed by atoms with E-state index in [0.29, 0.717) is 17.7 Å². The zero-order valence-corrected chi connectivity index (χ0v) is 12.1. The van der Waals surface area contributed by atoms with Crippen LogP contribution in [0.1, 0.15) is 11.1 Å². The first-order valence-corrected chi connectivity index (χ1v) is 8.03. The molecule has 0 aromatic heterocycles. The molecule has 2 rings (SSSR count). The number of amides is 1. The van der Waals surface area contributed by atoms with Crippen LogP contribution in [0.4, 0.5) is 0 Å². The third-order valence-electron chi connectivity index (χ3n) is 3.29. The maximum atomic E-state index is 12.5. The van der Waals surface area contributed by atoms with Crippen molar-refractivity contribution in [2.45, 2.75) is 11.8 Å². The number of carbonyl (C=O) groups excluding carboxylic acids is 1. The lowest BCUT2D eigenvalue weighted by Crippen LogP contribution is -2.58. The molecule has 0 spiro atoms. The Morgan fingerprint density at radius 2 is 2.29 bits per heavy atom. The summed E-state index contributed by atoms with van der Waals surface area (Å²) in [7, 11) is -3.67. The monoisotopic (exact) mass is 308 g/mol. The number of nitrogens with zero attached hydrogens (tertiary/aromatic N) is 2. The van der Waals surface area contributed by atoms with Gasteiger partial charge in [0.1, 0.15) is 6.04 Å². The molecule has 1 unspecified atom stereocenters. The molecular formula is C13H16N4O3S. The molecule has 112 valence electrons. The second-order valence-electron chi connectivity index (χ2n) is 4.80. The molecule has 0 radical (unpaired) electrons. The normalized spacial score (nSPS) is 19.9. The predicted molar refractivity (Wildman–Crippen MR) is 76.3 cm³/mol. The van der Waals surface area contributed by atoms with E-state index in [0.717, 1.165) is 4.31 Å². The van der Waals surface area contributed by atoms with E-state index in [1.165, 1.54) is 6.07 Å². The molecule has 1 aromatic rings. The average molecular weight is 308 g/mol. The van der Waals surface area contributed by atoms with E-state index in [9.17, 15) is 13.2 Å². The van der Waals surface area contributed by atoms with Crippen LogP contribution in [-0.4, -0.2) is 44.3 Å². The molecule has 1 aromatic carbocycles. The van der Waals surface area contributed by atoms with Crippen molar-refractivity contribution in [1.29, 1.82) is 5.26 Å². The van der Waals surface area contributed by atoms with Crippen molar-refractivity contribution in [2.24, 2.45) is 5.73 Å². The van der Waals surface area contributed by atoms with Gasteiger partial charge in [-0.25, -0.2) is 8.42 Å². The Morgan fingerprint density at radius 3 is 2.95 bits per heavy atom. The Bertz CT molecular complexity index is 681.